The van der Waals surface area contributed by atoms with Crippen molar-refractivity contribution in [1.29, 1.82) is 10.5 Å². The van der Waals surface area contributed by atoms with Crippen molar-refractivity contribution >= 4 is 0 Å². The molecule has 0 heterocycles. The monoisotopic (exact) mass is 156 g/mol. The van der Waals surface area contributed by atoms with Crippen LogP contribution in [0.2, 0.25) is 0 Å². The zero-order chi connectivity index (χ0) is 9.14. The molecule has 0 N–H and O–H groups in total. The fourth-order valence-electron chi connectivity index (χ4n) is 1.00. The third kappa shape index (κ3) is 1.28. The Morgan fingerprint density at radius 1 is 0.917 bits per heavy atom. The zero-order valence-corrected chi connectivity index (χ0v) is 7.05. The van der Waals surface area contributed by atoms with Crippen molar-refractivity contribution in [1.82, 2.24) is 0 Å². The van der Waals surface area contributed by atoms with E-state index in [4.69, 9.17) is 10.5 Å². The van der Waals surface area contributed by atoms with Gasteiger partial charge in [-0.2, -0.15) is 10.5 Å². The van der Waals surface area contributed by atoms with E-state index in [1.807, 2.05) is 26.0 Å². The topological polar surface area (TPSA) is 47.6 Å². The Hall–Kier alpha value is -1.80. The molecule has 58 valence electrons. The van der Waals surface area contributed by atoms with Crippen molar-refractivity contribution in [2.45, 2.75) is 13.8 Å². The Balaban J connectivity index is 3.44. The van der Waals surface area contributed by atoms with Crippen LogP contribution in [0.5, 0.6) is 0 Å². The molecule has 0 unspecified atom stereocenters. The summed E-state index contributed by atoms with van der Waals surface area (Å²) in [5, 5.41) is 17.3. The van der Waals surface area contributed by atoms with Gasteiger partial charge in [0.05, 0.1) is 11.1 Å². The van der Waals surface area contributed by atoms with Crippen molar-refractivity contribution in [3.63, 3.8) is 0 Å². The number of aryl methyl sites for hydroxylation is 2. The molecule has 0 saturated heterocycles. The highest BCUT2D eigenvalue weighted by Crippen LogP contribution is 2.13. The molecule has 0 amide bonds. The van der Waals surface area contributed by atoms with Crippen molar-refractivity contribution < 1.29 is 0 Å². The van der Waals surface area contributed by atoms with Crippen LogP contribution >= 0.6 is 0 Å². The second-order valence-corrected chi connectivity index (χ2v) is 2.71. The minimum Gasteiger partial charge on any atom is -0.192 e. The van der Waals surface area contributed by atoms with E-state index >= 15 is 0 Å². The molecule has 0 aliphatic heterocycles. The van der Waals surface area contributed by atoms with E-state index in [1.165, 1.54) is 0 Å². The van der Waals surface area contributed by atoms with E-state index in [2.05, 4.69) is 0 Å². The number of benzene rings is 1. The van der Waals surface area contributed by atoms with Gasteiger partial charge in [0.2, 0.25) is 0 Å². The van der Waals surface area contributed by atoms with Gasteiger partial charge in [-0.15, -0.1) is 0 Å². The molecule has 0 aliphatic carbocycles. The smallest absolute Gasteiger partial charge is 0.101 e. The third-order valence-corrected chi connectivity index (χ3v) is 1.87. The molecular formula is C10H8N2. The Kier molecular flexibility index (Phi) is 2.12. The number of rotatable bonds is 0. The fourth-order valence-corrected chi connectivity index (χ4v) is 1.00. The summed E-state index contributed by atoms with van der Waals surface area (Å²) < 4.78 is 0. The van der Waals surface area contributed by atoms with Crippen LogP contribution in [0.4, 0.5) is 0 Å². The molecule has 0 aromatic heterocycles. The lowest BCUT2D eigenvalue weighted by Crippen LogP contribution is -1.88. The van der Waals surface area contributed by atoms with Crippen molar-refractivity contribution in [2.75, 3.05) is 0 Å². The SMILES string of the molecule is Cc1cc(C#N)c(C#N)cc1C. The van der Waals surface area contributed by atoms with Gasteiger partial charge in [0.1, 0.15) is 12.1 Å². The van der Waals surface area contributed by atoms with Gasteiger partial charge in [-0.25, -0.2) is 0 Å². The number of nitrogens with zero attached hydrogens (tertiary/aromatic N) is 2. The van der Waals surface area contributed by atoms with Gasteiger partial charge < -0.3 is 0 Å². The van der Waals surface area contributed by atoms with Crippen LogP contribution in [0.15, 0.2) is 12.1 Å². The Morgan fingerprint density at radius 2 is 1.25 bits per heavy atom. The molecular weight excluding hydrogens is 148 g/mol. The molecule has 0 aliphatic rings. The van der Waals surface area contributed by atoms with Gasteiger partial charge in [0.15, 0.2) is 0 Å². The minimum atomic E-state index is 0.459. The molecule has 0 fully saturated rings. The highest BCUT2D eigenvalue weighted by molar-refractivity contribution is 5.49. The normalized spacial score (nSPS) is 8.67. The van der Waals surface area contributed by atoms with E-state index < -0.39 is 0 Å². The largest absolute Gasteiger partial charge is 0.192 e. The molecule has 12 heavy (non-hydrogen) atoms. The van der Waals surface area contributed by atoms with Crippen LogP contribution in [0.25, 0.3) is 0 Å². The van der Waals surface area contributed by atoms with E-state index in [0.717, 1.165) is 11.1 Å². The maximum Gasteiger partial charge on any atom is 0.101 e. The lowest BCUT2D eigenvalue weighted by Gasteiger charge is -2.00. The van der Waals surface area contributed by atoms with Gasteiger partial charge >= 0.3 is 0 Å². The maximum absolute atomic E-state index is 8.66. The quantitative estimate of drug-likeness (QED) is 0.577. The Labute approximate surface area is 71.7 Å². The predicted octanol–water partition coefficient (Wildman–Crippen LogP) is 2.05. The Bertz CT molecular complexity index is 353. The minimum absolute atomic E-state index is 0.459. The molecule has 0 spiro atoms. The van der Waals surface area contributed by atoms with Crippen LogP contribution in [0.1, 0.15) is 22.3 Å². The molecule has 0 bridgehead atoms. The molecule has 1 aromatic carbocycles. The first-order chi connectivity index (χ1) is 5.69. The standard InChI is InChI=1S/C10H8N2/c1-7-3-9(5-11)10(6-12)4-8(7)2/h3-4H,1-2H3. The average Bonchev–Trinajstić information content (AvgIpc) is 2.09. The predicted molar refractivity (Wildman–Crippen MR) is 45.3 cm³/mol. The van der Waals surface area contributed by atoms with Crippen molar-refractivity contribution in [3.8, 4) is 12.1 Å². The maximum atomic E-state index is 8.66. The van der Waals surface area contributed by atoms with Gasteiger partial charge in [0.25, 0.3) is 0 Å². The van der Waals surface area contributed by atoms with Gasteiger partial charge in [-0.3, -0.25) is 0 Å². The van der Waals surface area contributed by atoms with Crippen LogP contribution in [0, 0.1) is 36.5 Å². The van der Waals surface area contributed by atoms with Crippen LogP contribution in [-0.4, -0.2) is 0 Å². The molecule has 2 nitrogen and oxygen atoms in total. The van der Waals surface area contributed by atoms with Crippen molar-refractivity contribution in [2.24, 2.45) is 0 Å². The molecule has 1 rings (SSSR count). The summed E-state index contributed by atoms with van der Waals surface area (Å²) in [5.41, 5.74) is 3.01. The second-order valence-electron chi connectivity index (χ2n) is 2.71. The number of hydrogen-bond acceptors (Lipinski definition) is 2. The fraction of sp³-hybridized carbons (Fsp3) is 0.200. The molecule has 2 heteroatoms. The summed E-state index contributed by atoms with van der Waals surface area (Å²) in [6, 6.07) is 7.47. The first-order valence-electron chi connectivity index (χ1n) is 3.60. The summed E-state index contributed by atoms with van der Waals surface area (Å²) >= 11 is 0. The molecule has 0 saturated carbocycles. The van der Waals surface area contributed by atoms with E-state index in [-0.39, 0.29) is 0 Å². The third-order valence-electron chi connectivity index (χ3n) is 1.87. The van der Waals surface area contributed by atoms with Gasteiger partial charge in [0, 0.05) is 0 Å². The summed E-state index contributed by atoms with van der Waals surface area (Å²) in [6.45, 7) is 3.86. The second kappa shape index (κ2) is 3.07. The van der Waals surface area contributed by atoms with E-state index in [0.29, 0.717) is 11.1 Å². The summed E-state index contributed by atoms with van der Waals surface area (Å²) in [6.07, 6.45) is 0. The molecule has 0 radical (unpaired) electrons. The van der Waals surface area contributed by atoms with Crippen molar-refractivity contribution in [3.05, 3.63) is 34.4 Å². The lowest BCUT2D eigenvalue weighted by atomic mass is 10.0. The van der Waals surface area contributed by atoms with Crippen LogP contribution in [-0.2, 0) is 0 Å². The Morgan fingerprint density at radius 3 is 1.50 bits per heavy atom. The molecule has 1 aromatic rings. The van der Waals surface area contributed by atoms with Crippen LogP contribution in [0.3, 0.4) is 0 Å². The highest BCUT2D eigenvalue weighted by Gasteiger charge is 2.02. The first kappa shape index (κ1) is 8.30. The summed E-state index contributed by atoms with van der Waals surface area (Å²) in [5.74, 6) is 0. The van der Waals surface area contributed by atoms with E-state index in [1.54, 1.807) is 12.1 Å². The molecule has 0 atom stereocenters. The van der Waals surface area contributed by atoms with Crippen LogP contribution < -0.4 is 0 Å². The van der Waals surface area contributed by atoms with E-state index in [9.17, 15) is 0 Å². The first-order valence-corrected chi connectivity index (χ1v) is 3.60. The number of nitriles is 2. The van der Waals surface area contributed by atoms with Gasteiger partial charge in [-0.1, -0.05) is 0 Å². The summed E-state index contributed by atoms with van der Waals surface area (Å²) in [4.78, 5) is 0. The lowest BCUT2D eigenvalue weighted by molar-refractivity contribution is 1.30. The van der Waals surface area contributed by atoms with Gasteiger partial charge in [-0.05, 0) is 37.1 Å². The number of hydrogen-bond donors (Lipinski definition) is 0. The average molecular weight is 156 g/mol. The highest BCUT2D eigenvalue weighted by atomic mass is 14.3. The zero-order valence-electron chi connectivity index (χ0n) is 7.05. The summed E-state index contributed by atoms with van der Waals surface area (Å²) in [7, 11) is 0.